The number of nitrogens with one attached hydrogen (secondary N) is 2. The Morgan fingerprint density at radius 1 is 0.917 bits per heavy atom. The number of unbranched alkanes of at least 4 members (excludes halogenated alkanes) is 1. The fourth-order valence-corrected chi connectivity index (χ4v) is 4.86. The highest BCUT2D eigenvalue weighted by atomic mass is 32.2. The van der Waals surface area contributed by atoms with Crippen LogP contribution in [-0.2, 0) is 10.0 Å². The third-order valence-electron chi connectivity index (χ3n) is 5.35. The Morgan fingerprint density at radius 2 is 1.44 bits per heavy atom. The number of nitro groups is 1. The van der Waals surface area contributed by atoms with Crippen LogP contribution >= 0.6 is 0 Å². The first-order valence-corrected chi connectivity index (χ1v) is 13.1. The predicted octanol–water partition coefficient (Wildman–Crippen LogP) is 5.08. The van der Waals surface area contributed by atoms with E-state index >= 15 is 0 Å². The summed E-state index contributed by atoms with van der Waals surface area (Å²) in [6.07, 6.45) is 3.20. The molecule has 0 atom stereocenters. The summed E-state index contributed by atoms with van der Waals surface area (Å²) in [4.78, 5) is 19.5. The first-order valence-electron chi connectivity index (χ1n) is 11.7. The Morgan fingerprint density at radius 3 is 1.92 bits per heavy atom. The van der Waals surface area contributed by atoms with Crippen molar-refractivity contribution in [3.05, 3.63) is 65.0 Å². The number of anilines is 4. The van der Waals surface area contributed by atoms with E-state index in [1.165, 1.54) is 34.9 Å². The summed E-state index contributed by atoms with van der Waals surface area (Å²) in [5.74, 6) is 0.689. The van der Waals surface area contributed by atoms with Crippen LogP contribution in [0.4, 0.5) is 28.7 Å². The van der Waals surface area contributed by atoms with E-state index in [0.717, 1.165) is 12.8 Å². The molecule has 2 aromatic carbocycles. The van der Waals surface area contributed by atoms with Crippen molar-refractivity contribution >= 4 is 38.7 Å². The predicted molar refractivity (Wildman–Crippen MR) is 139 cm³/mol. The quantitative estimate of drug-likeness (QED) is 0.181. The van der Waals surface area contributed by atoms with Gasteiger partial charge in [0.05, 0.1) is 16.4 Å². The maximum atomic E-state index is 12.7. The highest BCUT2D eigenvalue weighted by molar-refractivity contribution is 7.89. The van der Waals surface area contributed by atoms with E-state index in [1.807, 2.05) is 0 Å². The third-order valence-corrected chi connectivity index (χ3v) is 7.41. The van der Waals surface area contributed by atoms with E-state index in [4.69, 9.17) is 4.74 Å². The molecule has 1 heterocycles. The number of hydrogen-bond donors (Lipinski definition) is 2. The first-order chi connectivity index (χ1) is 17.3. The Kier molecular flexibility index (Phi) is 9.14. The molecule has 0 aliphatic heterocycles. The number of rotatable bonds is 13. The molecular formula is C24H30N6O5S. The molecule has 0 unspecified atom stereocenters. The zero-order chi connectivity index (χ0) is 26.1. The van der Waals surface area contributed by atoms with Gasteiger partial charge in [0.15, 0.2) is 0 Å². The third kappa shape index (κ3) is 6.46. The molecular weight excluding hydrogens is 484 g/mol. The summed E-state index contributed by atoms with van der Waals surface area (Å²) in [5, 5.41) is 17.7. The van der Waals surface area contributed by atoms with Gasteiger partial charge in [0, 0.05) is 24.5 Å². The molecule has 0 aliphatic carbocycles. The number of nitrogens with zero attached hydrogens (tertiary/aromatic N) is 4. The molecule has 192 valence electrons. The summed E-state index contributed by atoms with van der Waals surface area (Å²) in [6.45, 7) is 6.96. The minimum Gasteiger partial charge on any atom is -0.494 e. The lowest BCUT2D eigenvalue weighted by atomic mass is 10.3. The molecule has 0 saturated carbocycles. The topological polar surface area (TPSA) is 140 Å². The molecule has 12 heteroatoms. The fourth-order valence-electron chi connectivity index (χ4n) is 3.40. The van der Waals surface area contributed by atoms with E-state index in [-0.39, 0.29) is 22.2 Å². The second-order valence-corrected chi connectivity index (χ2v) is 9.70. The molecule has 0 spiro atoms. The molecule has 0 aliphatic rings. The molecule has 1 aromatic heterocycles. The van der Waals surface area contributed by atoms with Crippen LogP contribution in [0, 0.1) is 10.1 Å². The average molecular weight is 515 g/mol. The number of ether oxygens (including phenoxy) is 1. The van der Waals surface area contributed by atoms with E-state index in [9.17, 15) is 18.5 Å². The highest BCUT2D eigenvalue weighted by Crippen LogP contribution is 2.33. The molecule has 3 aromatic rings. The molecule has 0 saturated heterocycles. The van der Waals surface area contributed by atoms with Crippen molar-refractivity contribution in [1.29, 1.82) is 0 Å². The second-order valence-electron chi connectivity index (χ2n) is 7.77. The van der Waals surface area contributed by atoms with Crippen molar-refractivity contribution < 1.29 is 18.1 Å². The number of sulfonamides is 1. The van der Waals surface area contributed by atoms with Crippen LogP contribution in [0.1, 0.15) is 33.6 Å². The largest absolute Gasteiger partial charge is 0.494 e. The standard InChI is InChI=1S/C24H30N6O5S/c1-4-7-16-35-20-12-8-18(9-13-20)27-23-22(30(31)32)24(26-17-25-23)28-19-10-14-21(15-11-19)36(33,34)29(5-2)6-3/h8-15,17H,4-7,16H2,1-3H3,(H2,25,26,27,28). The minimum absolute atomic E-state index is 0.0119. The maximum absolute atomic E-state index is 12.7. The van der Waals surface area contributed by atoms with Gasteiger partial charge in [-0.25, -0.2) is 18.4 Å². The Balaban J connectivity index is 1.80. The lowest BCUT2D eigenvalue weighted by molar-refractivity contribution is -0.383. The summed E-state index contributed by atoms with van der Waals surface area (Å²) in [5.41, 5.74) is 0.687. The van der Waals surface area contributed by atoms with Gasteiger partial charge in [-0.1, -0.05) is 27.2 Å². The summed E-state index contributed by atoms with van der Waals surface area (Å²) < 4.78 is 32.4. The van der Waals surface area contributed by atoms with Crippen molar-refractivity contribution in [3.63, 3.8) is 0 Å². The van der Waals surface area contributed by atoms with Crippen LogP contribution in [0.25, 0.3) is 0 Å². The fraction of sp³-hybridized carbons (Fsp3) is 0.333. The van der Waals surface area contributed by atoms with Gasteiger partial charge in [0.1, 0.15) is 12.1 Å². The van der Waals surface area contributed by atoms with Crippen molar-refractivity contribution in [1.82, 2.24) is 14.3 Å². The van der Waals surface area contributed by atoms with Crippen molar-refractivity contribution in [2.45, 2.75) is 38.5 Å². The van der Waals surface area contributed by atoms with Crippen LogP contribution < -0.4 is 15.4 Å². The monoisotopic (exact) mass is 514 g/mol. The number of aromatic nitrogens is 2. The van der Waals surface area contributed by atoms with Crippen molar-refractivity contribution in [2.75, 3.05) is 30.3 Å². The summed E-state index contributed by atoms with van der Waals surface area (Å²) >= 11 is 0. The molecule has 0 fully saturated rings. The van der Waals surface area contributed by atoms with Gasteiger partial charge in [-0.3, -0.25) is 10.1 Å². The van der Waals surface area contributed by atoms with Gasteiger partial charge in [-0.2, -0.15) is 4.31 Å². The van der Waals surface area contributed by atoms with E-state index in [2.05, 4.69) is 27.5 Å². The van der Waals surface area contributed by atoms with Crippen molar-refractivity contribution in [2.24, 2.45) is 0 Å². The molecule has 0 amide bonds. The zero-order valence-electron chi connectivity index (χ0n) is 20.5. The molecule has 0 bridgehead atoms. The maximum Gasteiger partial charge on any atom is 0.353 e. The molecule has 2 N–H and O–H groups in total. The Labute approximate surface area is 210 Å². The average Bonchev–Trinajstić information content (AvgIpc) is 2.86. The van der Waals surface area contributed by atoms with Gasteiger partial charge in [0.2, 0.25) is 21.7 Å². The Bertz CT molecular complexity index is 1260. The van der Waals surface area contributed by atoms with Crippen molar-refractivity contribution in [3.8, 4) is 5.75 Å². The van der Waals surface area contributed by atoms with E-state index < -0.39 is 14.9 Å². The zero-order valence-corrected chi connectivity index (χ0v) is 21.3. The van der Waals surface area contributed by atoms with Crippen LogP contribution in [0.2, 0.25) is 0 Å². The summed E-state index contributed by atoms with van der Waals surface area (Å²) in [6, 6.07) is 13.0. The second kappa shape index (κ2) is 12.3. The van der Waals surface area contributed by atoms with E-state index in [0.29, 0.717) is 36.8 Å². The lowest BCUT2D eigenvalue weighted by Crippen LogP contribution is -2.30. The van der Waals surface area contributed by atoms with Crippen LogP contribution in [0.15, 0.2) is 59.8 Å². The molecule has 36 heavy (non-hydrogen) atoms. The number of benzene rings is 2. The Hall–Kier alpha value is -3.77. The van der Waals surface area contributed by atoms with Gasteiger partial charge < -0.3 is 15.4 Å². The summed E-state index contributed by atoms with van der Waals surface area (Å²) in [7, 11) is -3.61. The van der Waals surface area contributed by atoms with Gasteiger partial charge in [-0.15, -0.1) is 0 Å². The normalized spacial score (nSPS) is 11.3. The van der Waals surface area contributed by atoms with Gasteiger partial charge in [0.25, 0.3) is 0 Å². The van der Waals surface area contributed by atoms with Crippen LogP contribution in [0.5, 0.6) is 5.75 Å². The lowest BCUT2D eigenvalue weighted by Gasteiger charge is -2.18. The molecule has 11 nitrogen and oxygen atoms in total. The SMILES string of the molecule is CCCCOc1ccc(Nc2ncnc(Nc3ccc(S(=O)(=O)N(CC)CC)cc3)c2[N+](=O)[O-])cc1. The van der Waals surface area contributed by atoms with Crippen LogP contribution in [0.3, 0.4) is 0 Å². The number of hydrogen-bond acceptors (Lipinski definition) is 9. The smallest absolute Gasteiger partial charge is 0.353 e. The molecule has 3 rings (SSSR count). The highest BCUT2D eigenvalue weighted by Gasteiger charge is 2.24. The van der Waals surface area contributed by atoms with Crippen LogP contribution in [-0.4, -0.2) is 47.3 Å². The van der Waals surface area contributed by atoms with Gasteiger partial charge in [-0.05, 0) is 55.0 Å². The first kappa shape index (κ1) is 26.8. The van der Waals surface area contributed by atoms with Gasteiger partial charge >= 0.3 is 5.69 Å². The molecule has 0 radical (unpaired) electrons. The van der Waals surface area contributed by atoms with E-state index in [1.54, 1.807) is 38.1 Å². The minimum atomic E-state index is -3.61.